The standard InChI is InChI=1S/C14H11ClF2O2/c15-12-7-2-1-6-11(12)13(18)9-4-3-5-10(8-9)19-14(16)17/h1-8,13-14,18H. The molecule has 0 radical (unpaired) electrons. The van der Waals surface area contributed by atoms with Gasteiger partial charge in [-0.2, -0.15) is 8.78 Å². The van der Waals surface area contributed by atoms with Crippen molar-refractivity contribution < 1.29 is 18.6 Å². The Labute approximate surface area is 114 Å². The van der Waals surface area contributed by atoms with Crippen molar-refractivity contribution in [1.82, 2.24) is 0 Å². The van der Waals surface area contributed by atoms with Crippen molar-refractivity contribution >= 4 is 11.6 Å². The van der Waals surface area contributed by atoms with Crippen molar-refractivity contribution in [1.29, 1.82) is 0 Å². The van der Waals surface area contributed by atoms with Crippen LogP contribution in [0.1, 0.15) is 17.2 Å². The third-order valence-corrected chi connectivity index (χ3v) is 2.94. The lowest BCUT2D eigenvalue weighted by molar-refractivity contribution is -0.0499. The van der Waals surface area contributed by atoms with Crippen LogP contribution in [0.15, 0.2) is 48.5 Å². The highest BCUT2D eigenvalue weighted by Crippen LogP contribution is 2.29. The first-order valence-electron chi connectivity index (χ1n) is 5.55. The van der Waals surface area contributed by atoms with Crippen LogP contribution in [-0.2, 0) is 0 Å². The van der Waals surface area contributed by atoms with Gasteiger partial charge >= 0.3 is 6.61 Å². The van der Waals surface area contributed by atoms with Gasteiger partial charge in [0, 0.05) is 10.6 Å². The van der Waals surface area contributed by atoms with Gasteiger partial charge in [-0.3, -0.25) is 0 Å². The van der Waals surface area contributed by atoms with Gasteiger partial charge in [0.05, 0.1) is 0 Å². The molecular formula is C14H11ClF2O2. The van der Waals surface area contributed by atoms with Crippen LogP contribution in [0.25, 0.3) is 0 Å². The Hall–Kier alpha value is -1.65. The lowest BCUT2D eigenvalue weighted by Crippen LogP contribution is -2.04. The summed E-state index contributed by atoms with van der Waals surface area (Å²) < 4.78 is 28.6. The summed E-state index contributed by atoms with van der Waals surface area (Å²) in [4.78, 5) is 0. The fraction of sp³-hybridized carbons (Fsp3) is 0.143. The molecule has 0 spiro atoms. The van der Waals surface area contributed by atoms with Gasteiger partial charge in [0.1, 0.15) is 11.9 Å². The molecule has 0 heterocycles. The molecule has 0 fully saturated rings. The molecule has 2 aromatic rings. The van der Waals surface area contributed by atoms with Crippen molar-refractivity contribution in [3.8, 4) is 5.75 Å². The van der Waals surface area contributed by atoms with E-state index in [2.05, 4.69) is 4.74 Å². The van der Waals surface area contributed by atoms with E-state index >= 15 is 0 Å². The summed E-state index contributed by atoms with van der Waals surface area (Å²) in [5, 5.41) is 10.6. The summed E-state index contributed by atoms with van der Waals surface area (Å²) in [5.41, 5.74) is 0.949. The predicted octanol–water partition coefficient (Wildman–Crippen LogP) is 4.02. The van der Waals surface area contributed by atoms with Crippen molar-refractivity contribution in [3.05, 3.63) is 64.7 Å². The summed E-state index contributed by atoms with van der Waals surface area (Å²) in [6, 6.07) is 12.7. The number of ether oxygens (including phenoxy) is 1. The third kappa shape index (κ3) is 3.43. The van der Waals surface area contributed by atoms with Crippen LogP contribution in [0.4, 0.5) is 8.78 Å². The highest BCUT2D eigenvalue weighted by atomic mass is 35.5. The molecule has 19 heavy (non-hydrogen) atoms. The second kappa shape index (κ2) is 5.99. The molecule has 0 saturated heterocycles. The van der Waals surface area contributed by atoms with Crippen LogP contribution < -0.4 is 4.74 Å². The average molecular weight is 285 g/mol. The Morgan fingerprint density at radius 1 is 1.05 bits per heavy atom. The lowest BCUT2D eigenvalue weighted by Gasteiger charge is -2.14. The minimum Gasteiger partial charge on any atom is -0.435 e. The monoisotopic (exact) mass is 284 g/mol. The van der Waals surface area contributed by atoms with Crippen LogP contribution in [0.5, 0.6) is 5.75 Å². The minimum absolute atomic E-state index is 0.00129. The molecule has 1 unspecified atom stereocenters. The van der Waals surface area contributed by atoms with Crippen molar-refractivity contribution in [3.63, 3.8) is 0 Å². The Morgan fingerprint density at radius 2 is 1.79 bits per heavy atom. The first-order chi connectivity index (χ1) is 9.08. The zero-order valence-corrected chi connectivity index (χ0v) is 10.5. The van der Waals surface area contributed by atoms with Gasteiger partial charge in [0.15, 0.2) is 0 Å². The molecule has 1 atom stereocenters. The van der Waals surface area contributed by atoms with Gasteiger partial charge in [-0.1, -0.05) is 41.9 Å². The number of rotatable bonds is 4. The summed E-state index contributed by atoms with van der Waals surface area (Å²) in [7, 11) is 0. The highest BCUT2D eigenvalue weighted by molar-refractivity contribution is 6.31. The Balaban J connectivity index is 2.29. The van der Waals surface area contributed by atoms with Crippen molar-refractivity contribution in [2.24, 2.45) is 0 Å². The molecule has 0 saturated carbocycles. The molecule has 0 aliphatic carbocycles. The van der Waals surface area contributed by atoms with E-state index in [9.17, 15) is 13.9 Å². The molecular weight excluding hydrogens is 274 g/mol. The molecule has 0 bridgehead atoms. The van der Waals surface area contributed by atoms with Gasteiger partial charge < -0.3 is 9.84 Å². The van der Waals surface area contributed by atoms with E-state index in [1.54, 1.807) is 30.3 Å². The van der Waals surface area contributed by atoms with Crippen molar-refractivity contribution in [2.75, 3.05) is 0 Å². The van der Waals surface area contributed by atoms with Crippen LogP contribution >= 0.6 is 11.6 Å². The smallest absolute Gasteiger partial charge is 0.387 e. The SMILES string of the molecule is OC(c1cccc(OC(F)F)c1)c1ccccc1Cl. The van der Waals surface area contributed by atoms with Crippen LogP contribution in [-0.4, -0.2) is 11.7 Å². The summed E-state index contributed by atoms with van der Waals surface area (Å²) in [6.45, 7) is -2.90. The maximum absolute atomic E-state index is 12.1. The van der Waals surface area contributed by atoms with Gasteiger partial charge in [-0.15, -0.1) is 0 Å². The lowest BCUT2D eigenvalue weighted by atomic mass is 10.0. The van der Waals surface area contributed by atoms with Gasteiger partial charge in [-0.05, 0) is 23.8 Å². The Bertz CT molecular complexity index is 561. The number of aliphatic hydroxyl groups is 1. The van der Waals surface area contributed by atoms with Gasteiger partial charge in [0.25, 0.3) is 0 Å². The molecule has 5 heteroatoms. The maximum Gasteiger partial charge on any atom is 0.387 e. The summed E-state index contributed by atoms with van der Waals surface area (Å²) in [5.74, 6) is -0.00129. The van der Waals surface area contributed by atoms with E-state index in [0.29, 0.717) is 16.1 Å². The van der Waals surface area contributed by atoms with Gasteiger partial charge in [0.2, 0.25) is 0 Å². The van der Waals surface area contributed by atoms with E-state index in [1.165, 1.54) is 18.2 Å². The van der Waals surface area contributed by atoms with E-state index in [4.69, 9.17) is 11.6 Å². The molecule has 2 aromatic carbocycles. The second-order valence-electron chi connectivity index (χ2n) is 3.88. The van der Waals surface area contributed by atoms with Crippen LogP contribution in [0.2, 0.25) is 5.02 Å². The highest BCUT2D eigenvalue weighted by Gasteiger charge is 2.14. The first-order valence-corrected chi connectivity index (χ1v) is 5.93. The van der Waals surface area contributed by atoms with E-state index < -0.39 is 12.7 Å². The predicted molar refractivity (Wildman–Crippen MR) is 68.6 cm³/mol. The number of benzene rings is 2. The molecule has 0 aliphatic heterocycles. The minimum atomic E-state index is -2.90. The topological polar surface area (TPSA) is 29.5 Å². The molecule has 0 aromatic heterocycles. The quantitative estimate of drug-likeness (QED) is 0.919. The zero-order chi connectivity index (χ0) is 13.8. The van der Waals surface area contributed by atoms with E-state index in [1.807, 2.05) is 0 Å². The second-order valence-corrected chi connectivity index (χ2v) is 4.28. The number of hydrogen-bond donors (Lipinski definition) is 1. The number of alkyl halides is 2. The molecule has 1 N–H and O–H groups in total. The van der Waals surface area contributed by atoms with Crippen molar-refractivity contribution in [2.45, 2.75) is 12.7 Å². The first kappa shape index (κ1) is 13.8. The van der Waals surface area contributed by atoms with E-state index in [0.717, 1.165) is 0 Å². The molecule has 0 amide bonds. The molecule has 100 valence electrons. The van der Waals surface area contributed by atoms with Crippen LogP contribution in [0.3, 0.4) is 0 Å². The zero-order valence-electron chi connectivity index (χ0n) is 9.76. The molecule has 2 nitrogen and oxygen atoms in total. The Morgan fingerprint density at radius 3 is 2.47 bits per heavy atom. The normalized spacial score (nSPS) is 12.5. The maximum atomic E-state index is 12.1. The number of hydrogen-bond acceptors (Lipinski definition) is 2. The largest absolute Gasteiger partial charge is 0.435 e. The summed E-state index contributed by atoms with van der Waals surface area (Å²) >= 11 is 5.98. The molecule has 2 rings (SSSR count). The Kier molecular flexibility index (Phi) is 4.35. The van der Waals surface area contributed by atoms with Crippen LogP contribution in [0, 0.1) is 0 Å². The number of aliphatic hydroxyl groups excluding tert-OH is 1. The molecule has 0 aliphatic rings. The third-order valence-electron chi connectivity index (χ3n) is 2.60. The number of halogens is 3. The van der Waals surface area contributed by atoms with Gasteiger partial charge in [-0.25, -0.2) is 0 Å². The fourth-order valence-corrected chi connectivity index (χ4v) is 1.98. The average Bonchev–Trinajstić information content (AvgIpc) is 2.38. The summed E-state index contributed by atoms with van der Waals surface area (Å²) in [6.07, 6.45) is -0.991. The van der Waals surface area contributed by atoms with E-state index in [-0.39, 0.29) is 5.75 Å². The fourth-order valence-electron chi connectivity index (χ4n) is 1.74.